The van der Waals surface area contributed by atoms with E-state index in [1.807, 2.05) is 22.8 Å². The second-order valence-electron chi connectivity index (χ2n) is 8.63. The summed E-state index contributed by atoms with van der Waals surface area (Å²) in [4.78, 5) is 21.0. The number of aromatic nitrogens is 2. The van der Waals surface area contributed by atoms with E-state index in [0.717, 1.165) is 65.4 Å². The Morgan fingerprint density at radius 2 is 2.06 bits per heavy atom. The van der Waals surface area contributed by atoms with Crippen LogP contribution in [-0.2, 0) is 30.5 Å². The van der Waals surface area contributed by atoms with Crippen molar-refractivity contribution in [3.63, 3.8) is 0 Å². The Bertz CT molecular complexity index is 1200. The topological polar surface area (TPSA) is 62.6 Å². The number of thiophene rings is 1. The van der Waals surface area contributed by atoms with Crippen LogP contribution in [0.2, 0.25) is 0 Å². The Hall–Kier alpha value is -2.03. The lowest BCUT2D eigenvalue weighted by Gasteiger charge is -2.22. The number of hydrogen-bond donors (Lipinski definition) is 0. The number of hydrogen-bond acceptors (Lipinski definition) is 7. The smallest absolute Gasteiger partial charge is 0.263 e. The fourth-order valence-electron chi connectivity index (χ4n) is 4.75. The molecule has 1 aliphatic heterocycles. The summed E-state index contributed by atoms with van der Waals surface area (Å²) in [6.07, 6.45) is 7.58. The van der Waals surface area contributed by atoms with Crippen molar-refractivity contribution in [3.8, 4) is 11.5 Å². The van der Waals surface area contributed by atoms with Crippen molar-refractivity contribution in [2.75, 3.05) is 26.6 Å². The molecule has 0 bridgehead atoms. The molecule has 2 aliphatic rings. The molecular formula is C25H30N2O4S2. The Kier molecular flexibility index (Phi) is 6.94. The molecule has 1 unspecified atom stereocenters. The molecule has 2 aromatic heterocycles. The number of ether oxygens (including phenoxy) is 3. The van der Waals surface area contributed by atoms with Crippen molar-refractivity contribution in [2.24, 2.45) is 0 Å². The Morgan fingerprint density at radius 3 is 2.85 bits per heavy atom. The van der Waals surface area contributed by atoms with Crippen LogP contribution in [0.1, 0.15) is 41.7 Å². The first-order chi connectivity index (χ1) is 16.2. The Morgan fingerprint density at radius 1 is 1.18 bits per heavy atom. The Labute approximate surface area is 202 Å². The summed E-state index contributed by atoms with van der Waals surface area (Å²) >= 11 is 3.37. The predicted molar refractivity (Wildman–Crippen MR) is 133 cm³/mol. The molecule has 1 aromatic carbocycles. The van der Waals surface area contributed by atoms with Gasteiger partial charge in [-0.3, -0.25) is 9.36 Å². The summed E-state index contributed by atoms with van der Waals surface area (Å²) in [7, 11) is 3.28. The molecule has 3 heterocycles. The van der Waals surface area contributed by atoms with Gasteiger partial charge in [-0.25, -0.2) is 4.98 Å². The third-order valence-electron chi connectivity index (χ3n) is 6.53. The fourth-order valence-corrected chi connectivity index (χ4v) is 7.14. The van der Waals surface area contributed by atoms with Crippen LogP contribution in [0.5, 0.6) is 11.5 Å². The molecule has 8 heteroatoms. The zero-order chi connectivity index (χ0) is 22.8. The van der Waals surface area contributed by atoms with Crippen molar-refractivity contribution >= 4 is 33.3 Å². The SMILES string of the molecule is COc1ccc(CCn2c(SCC3CCCCO3)nc3sc4c(c3c2=O)CCC4)cc1OC. The third-order valence-corrected chi connectivity index (χ3v) is 8.83. The summed E-state index contributed by atoms with van der Waals surface area (Å²) in [6.45, 7) is 1.41. The molecule has 6 nitrogen and oxygen atoms in total. The minimum absolute atomic E-state index is 0.104. The van der Waals surface area contributed by atoms with Gasteiger partial charge >= 0.3 is 0 Å². The van der Waals surface area contributed by atoms with Gasteiger partial charge in [-0.2, -0.15) is 0 Å². The minimum atomic E-state index is 0.104. The van der Waals surface area contributed by atoms with E-state index < -0.39 is 0 Å². The largest absolute Gasteiger partial charge is 0.493 e. The summed E-state index contributed by atoms with van der Waals surface area (Å²) in [5.41, 5.74) is 2.44. The molecule has 5 rings (SSSR count). The van der Waals surface area contributed by atoms with Crippen molar-refractivity contribution < 1.29 is 14.2 Å². The number of fused-ring (bicyclic) bond motifs is 3. The van der Waals surface area contributed by atoms with Gasteiger partial charge in [-0.15, -0.1) is 11.3 Å². The van der Waals surface area contributed by atoms with E-state index in [0.29, 0.717) is 24.5 Å². The molecule has 1 saturated heterocycles. The van der Waals surface area contributed by atoms with Crippen LogP contribution in [0, 0.1) is 0 Å². The van der Waals surface area contributed by atoms with Gasteiger partial charge in [0.2, 0.25) is 0 Å². The molecule has 0 spiro atoms. The maximum atomic E-state index is 13.7. The quantitative estimate of drug-likeness (QED) is 0.334. The first-order valence-corrected chi connectivity index (χ1v) is 13.5. The lowest BCUT2D eigenvalue weighted by atomic mass is 10.1. The zero-order valence-electron chi connectivity index (χ0n) is 19.2. The van der Waals surface area contributed by atoms with Crippen molar-refractivity contribution in [2.45, 2.75) is 62.8 Å². The molecule has 1 aliphatic carbocycles. The van der Waals surface area contributed by atoms with Gasteiger partial charge in [0.05, 0.1) is 25.7 Å². The molecule has 0 amide bonds. The van der Waals surface area contributed by atoms with Gasteiger partial charge in [0, 0.05) is 23.8 Å². The van der Waals surface area contributed by atoms with Crippen molar-refractivity contribution in [3.05, 3.63) is 44.6 Å². The average Bonchev–Trinajstić information content (AvgIpc) is 3.43. The first kappa shape index (κ1) is 22.7. The third kappa shape index (κ3) is 4.66. The van der Waals surface area contributed by atoms with Crippen molar-refractivity contribution in [1.29, 1.82) is 0 Å². The number of nitrogens with zero attached hydrogens (tertiary/aromatic N) is 2. The lowest BCUT2D eigenvalue weighted by molar-refractivity contribution is 0.0315. The first-order valence-electron chi connectivity index (χ1n) is 11.7. The molecule has 33 heavy (non-hydrogen) atoms. The van der Waals surface area contributed by atoms with Gasteiger partial charge in [0.1, 0.15) is 4.83 Å². The number of methoxy groups -OCH3 is 2. The van der Waals surface area contributed by atoms with Gasteiger partial charge < -0.3 is 14.2 Å². The highest BCUT2D eigenvalue weighted by Crippen LogP contribution is 2.36. The second-order valence-corrected chi connectivity index (χ2v) is 10.7. The number of thioether (sulfide) groups is 1. The lowest BCUT2D eigenvalue weighted by Crippen LogP contribution is -2.26. The van der Waals surface area contributed by atoms with Crippen LogP contribution in [0.15, 0.2) is 28.2 Å². The predicted octanol–water partition coefficient (Wildman–Crippen LogP) is 4.87. The molecule has 0 radical (unpaired) electrons. The number of benzene rings is 1. The van der Waals surface area contributed by atoms with Crippen molar-refractivity contribution in [1.82, 2.24) is 9.55 Å². The van der Waals surface area contributed by atoms with Crippen LogP contribution in [0.3, 0.4) is 0 Å². The Balaban J connectivity index is 1.45. The van der Waals surface area contributed by atoms with Crippen LogP contribution in [0.4, 0.5) is 0 Å². The molecular weight excluding hydrogens is 456 g/mol. The van der Waals surface area contributed by atoms with E-state index >= 15 is 0 Å². The summed E-state index contributed by atoms with van der Waals surface area (Å²) < 4.78 is 18.6. The van der Waals surface area contributed by atoms with E-state index in [4.69, 9.17) is 19.2 Å². The molecule has 176 valence electrons. The van der Waals surface area contributed by atoms with E-state index in [1.165, 1.54) is 16.9 Å². The van der Waals surface area contributed by atoms with Gasteiger partial charge in [-0.1, -0.05) is 17.8 Å². The molecule has 0 N–H and O–H groups in total. The van der Waals surface area contributed by atoms with Crippen LogP contribution in [0.25, 0.3) is 10.2 Å². The summed E-state index contributed by atoms with van der Waals surface area (Å²) in [6, 6.07) is 5.93. The number of rotatable bonds is 8. The van der Waals surface area contributed by atoms with Gasteiger partial charge in [-0.05, 0) is 68.2 Å². The molecule has 3 aromatic rings. The fraction of sp³-hybridized carbons (Fsp3) is 0.520. The van der Waals surface area contributed by atoms with E-state index in [9.17, 15) is 4.79 Å². The van der Waals surface area contributed by atoms with Crippen LogP contribution in [-0.4, -0.2) is 42.2 Å². The van der Waals surface area contributed by atoms with Crippen LogP contribution < -0.4 is 15.0 Å². The average molecular weight is 487 g/mol. The molecule has 1 atom stereocenters. The molecule has 0 saturated carbocycles. The van der Waals surface area contributed by atoms with Gasteiger partial charge in [0.25, 0.3) is 5.56 Å². The summed E-state index contributed by atoms with van der Waals surface area (Å²) in [5.74, 6) is 2.24. The second kappa shape index (κ2) is 10.1. The maximum absolute atomic E-state index is 13.7. The standard InChI is InChI=1S/C25H30N2O4S2/c1-29-19-10-9-16(14-20(19)30-2)11-12-27-24(28)22-18-7-5-8-21(18)33-23(22)26-25(27)32-15-17-6-3-4-13-31-17/h9-10,14,17H,3-8,11-13,15H2,1-2H3. The highest BCUT2D eigenvalue weighted by molar-refractivity contribution is 7.99. The highest BCUT2D eigenvalue weighted by atomic mass is 32.2. The normalized spacial score (nSPS) is 17.9. The zero-order valence-corrected chi connectivity index (χ0v) is 20.9. The van der Waals surface area contributed by atoms with Crippen LogP contribution >= 0.6 is 23.1 Å². The highest BCUT2D eigenvalue weighted by Gasteiger charge is 2.24. The number of aryl methyl sites for hydroxylation is 3. The van der Waals surface area contributed by atoms with E-state index in [2.05, 4.69) is 0 Å². The molecule has 1 fully saturated rings. The van der Waals surface area contributed by atoms with E-state index in [1.54, 1.807) is 37.3 Å². The maximum Gasteiger partial charge on any atom is 0.263 e. The monoisotopic (exact) mass is 486 g/mol. The minimum Gasteiger partial charge on any atom is -0.493 e. The summed E-state index contributed by atoms with van der Waals surface area (Å²) in [5, 5.41) is 1.65. The van der Waals surface area contributed by atoms with E-state index in [-0.39, 0.29) is 11.7 Å². The van der Waals surface area contributed by atoms with Gasteiger partial charge in [0.15, 0.2) is 16.7 Å².